The number of hydrogen-bond acceptors (Lipinski definition) is 3. The molecule has 0 atom stereocenters. The van der Waals surface area contributed by atoms with E-state index in [0.29, 0.717) is 5.56 Å². The molecular weight excluding hydrogens is 340 g/mol. The van der Waals surface area contributed by atoms with Crippen LogP contribution in [0.4, 0.5) is 5.69 Å². The van der Waals surface area contributed by atoms with Crippen LogP contribution in [0.1, 0.15) is 48.2 Å². The quantitative estimate of drug-likeness (QED) is 0.667. The van der Waals surface area contributed by atoms with Gasteiger partial charge in [-0.2, -0.15) is 0 Å². The smallest absolute Gasteiger partial charge is 0.243 e. The highest BCUT2D eigenvalue weighted by atomic mass is 16.2. The molecule has 0 bridgehead atoms. The van der Waals surface area contributed by atoms with Crippen LogP contribution >= 0.6 is 0 Å². The first kappa shape index (κ1) is 20.4. The predicted molar refractivity (Wildman–Crippen MR) is 107 cm³/mol. The summed E-state index contributed by atoms with van der Waals surface area (Å²) in [4.78, 5) is 36.1. The molecular formula is C22H26N2O3. The monoisotopic (exact) mass is 366 g/mol. The van der Waals surface area contributed by atoms with Crippen molar-refractivity contribution in [2.45, 2.75) is 39.5 Å². The zero-order valence-corrected chi connectivity index (χ0v) is 15.9. The predicted octanol–water partition coefficient (Wildman–Crippen LogP) is 3.53. The van der Waals surface area contributed by atoms with Crippen molar-refractivity contribution < 1.29 is 14.4 Å². The first-order chi connectivity index (χ1) is 13.0. The maximum atomic E-state index is 12.1. The second-order valence-corrected chi connectivity index (χ2v) is 6.31. The number of amides is 2. The number of benzene rings is 2. The number of rotatable bonds is 9. The second-order valence-electron chi connectivity index (χ2n) is 6.31. The van der Waals surface area contributed by atoms with E-state index >= 15 is 0 Å². The van der Waals surface area contributed by atoms with Crippen molar-refractivity contribution in [2.24, 2.45) is 0 Å². The summed E-state index contributed by atoms with van der Waals surface area (Å²) >= 11 is 0. The Balaban J connectivity index is 1.75. The zero-order chi connectivity index (χ0) is 19.6. The highest BCUT2D eigenvalue weighted by Gasteiger charge is 2.11. The van der Waals surface area contributed by atoms with E-state index in [9.17, 15) is 14.4 Å². The summed E-state index contributed by atoms with van der Waals surface area (Å²) in [6.07, 6.45) is 1.91. The number of ketones is 1. The Morgan fingerprint density at radius 3 is 2.19 bits per heavy atom. The molecule has 2 rings (SSSR count). The van der Waals surface area contributed by atoms with Gasteiger partial charge >= 0.3 is 0 Å². The van der Waals surface area contributed by atoms with Crippen LogP contribution in [0.25, 0.3) is 0 Å². The van der Waals surface area contributed by atoms with Crippen molar-refractivity contribution in [1.29, 1.82) is 0 Å². The Kier molecular flexibility index (Phi) is 7.74. The van der Waals surface area contributed by atoms with E-state index in [1.165, 1.54) is 5.56 Å². The lowest BCUT2D eigenvalue weighted by Crippen LogP contribution is -2.33. The molecule has 2 aromatic rings. The third-order valence-corrected chi connectivity index (χ3v) is 4.38. The highest BCUT2D eigenvalue weighted by molar-refractivity contribution is 5.99. The molecule has 0 saturated carbocycles. The Morgan fingerprint density at radius 2 is 1.52 bits per heavy atom. The number of aryl methyl sites for hydroxylation is 2. The zero-order valence-electron chi connectivity index (χ0n) is 15.9. The van der Waals surface area contributed by atoms with Crippen LogP contribution in [0.15, 0.2) is 48.5 Å². The summed E-state index contributed by atoms with van der Waals surface area (Å²) in [5.74, 6) is -0.674. The fraction of sp³-hybridized carbons (Fsp3) is 0.318. The van der Waals surface area contributed by atoms with Crippen LogP contribution in [0.2, 0.25) is 0 Å². The lowest BCUT2D eigenvalue weighted by molar-refractivity contribution is -0.124. The average Bonchev–Trinajstić information content (AvgIpc) is 2.71. The molecule has 2 aromatic carbocycles. The minimum atomic E-state index is -0.313. The molecule has 0 aliphatic heterocycles. The number of Topliss-reactive ketones (excluding diaryl/α,β-unsaturated/α-hetero) is 1. The number of hydrogen-bond donors (Lipinski definition) is 2. The summed E-state index contributed by atoms with van der Waals surface area (Å²) in [5.41, 5.74) is 3.57. The number of carbonyl (C=O) groups excluding carboxylic acids is 3. The molecule has 2 N–H and O–H groups in total. The lowest BCUT2D eigenvalue weighted by atomic mass is 10.0. The van der Waals surface area contributed by atoms with Gasteiger partial charge in [0.15, 0.2) is 5.78 Å². The number of anilines is 1. The van der Waals surface area contributed by atoms with Crippen molar-refractivity contribution >= 4 is 23.3 Å². The molecule has 142 valence electrons. The first-order valence-corrected chi connectivity index (χ1v) is 9.30. The van der Waals surface area contributed by atoms with Gasteiger partial charge in [0.25, 0.3) is 0 Å². The summed E-state index contributed by atoms with van der Waals surface area (Å²) in [6, 6.07) is 15.0. The van der Waals surface area contributed by atoms with Crippen molar-refractivity contribution in [2.75, 3.05) is 11.9 Å². The molecule has 0 aromatic heterocycles. The molecule has 27 heavy (non-hydrogen) atoms. The number of carbonyl (C=O) groups is 3. The van der Waals surface area contributed by atoms with E-state index in [1.807, 2.05) is 43.3 Å². The van der Waals surface area contributed by atoms with Crippen LogP contribution in [-0.4, -0.2) is 24.1 Å². The molecule has 0 radical (unpaired) electrons. The molecule has 0 fully saturated rings. The average molecular weight is 366 g/mol. The second kappa shape index (κ2) is 10.3. The topological polar surface area (TPSA) is 75.3 Å². The van der Waals surface area contributed by atoms with Crippen molar-refractivity contribution in [3.8, 4) is 0 Å². The Bertz CT molecular complexity index is 797. The third kappa shape index (κ3) is 6.37. The molecule has 2 amide bonds. The van der Waals surface area contributed by atoms with E-state index in [0.717, 1.165) is 24.1 Å². The normalized spacial score (nSPS) is 10.3. The van der Waals surface area contributed by atoms with Crippen LogP contribution in [0, 0.1) is 0 Å². The van der Waals surface area contributed by atoms with E-state index in [2.05, 4.69) is 17.6 Å². The summed E-state index contributed by atoms with van der Waals surface area (Å²) < 4.78 is 0. The van der Waals surface area contributed by atoms with Crippen LogP contribution < -0.4 is 10.6 Å². The fourth-order valence-corrected chi connectivity index (χ4v) is 2.71. The highest BCUT2D eigenvalue weighted by Crippen LogP contribution is 2.15. The van der Waals surface area contributed by atoms with E-state index in [1.54, 1.807) is 12.1 Å². The maximum Gasteiger partial charge on any atom is 0.243 e. The van der Waals surface area contributed by atoms with Gasteiger partial charge in [-0.05, 0) is 30.0 Å². The van der Waals surface area contributed by atoms with E-state index < -0.39 is 0 Å². The van der Waals surface area contributed by atoms with Gasteiger partial charge in [0.05, 0.1) is 6.54 Å². The third-order valence-electron chi connectivity index (χ3n) is 4.38. The fourth-order valence-electron chi connectivity index (χ4n) is 2.71. The van der Waals surface area contributed by atoms with Gasteiger partial charge in [-0.1, -0.05) is 56.3 Å². The lowest BCUT2D eigenvalue weighted by Gasteiger charge is -2.10. The minimum absolute atomic E-state index is 0.0627. The molecule has 0 aliphatic rings. The van der Waals surface area contributed by atoms with Gasteiger partial charge in [0.1, 0.15) is 0 Å². The summed E-state index contributed by atoms with van der Waals surface area (Å²) in [6.45, 7) is 3.95. The van der Waals surface area contributed by atoms with Crippen molar-refractivity contribution in [3.05, 3.63) is 65.2 Å². The van der Waals surface area contributed by atoms with E-state index in [4.69, 9.17) is 0 Å². The standard InChI is InChI=1S/C22H26N2O3/c1-3-16-9-11-18(12-10-16)20(25)13-14-21(26)23-15-22(27)24-19-8-6-5-7-17(19)4-2/h5-12H,3-4,13-15H2,1-2H3,(H,23,26)(H,24,27). The molecule has 0 heterocycles. The molecule has 0 spiro atoms. The Labute approximate surface area is 160 Å². The minimum Gasteiger partial charge on any atom is -0.347 e. The number of para-hydroxylation sites is 1. The van der Waals surface area contributed by atoms with Crippen LogP contribution in [0.3, 0.4) is 0 Å². The van der Waals surface area contributed by atoms with Crippen molar-refractivity contribution in [3.63, 3.8) is 0 Å². The Morgan fingerprint density at radius 1 is 0.815 bits per heavy atom. The largest absolute Gasteiger partial charge is 0.347 e. The Hall–Kier alpha value is -2.95. The molecule has 5 nitrogen and oxygen atoms in total. The molecule has 0 saturated heterocycles. The van der Waals surface area contributed by atoms with Crippen LogP contribution in [0.5, 0.6) is 0 Å². The summed E-state index contributed by atoms with van der Waals surface area (Å²) in [5, 5.41) is 5.36. The number of nitrogens with one attached hydrogen (secondary N) is 2. The maximum absolute atomic E-state index is 12.1. The molecule has 0 unspecified atom stereocenters. The first-order valence-electron chi connectivity index (χ1n) is 9.30. The van der Waals surface area contributed by atoms with Gasteiger partial charge in [-0.25, -0.2) is 0 Å². The van der Waals surface area contributed by atoms with Gasteiger partial charge in [-0.3, -0.25) is 14.4 Å². The van der Waals surface area contributed by atoms with Gasteiger partial charge in [0.2, 0.25) is 11.8 Å². The van der Waals surface area contributed by atoms with Gasteiger partial charge < -0.3 is 10.6 Å². The van der Waals surface area contributed by atoms with Crippen LogP contribution in [-0.2, 0) is 22.4 Å². The van der Waals surface area contributed by atoms with Gasteiger partial charge in [0, 0.05) is 24.1 Å². The molecule has 0 aliphatic carbocycles. The van der Waals surface area contributed by atoms with E-state index in [-0.39, 0.29) is 37.0 Å². The molecule has 5 heteroatoms. The summed E-state index contributed by atoms with van der Waals surface area (Å²) in [7, 11) is 0. The van der Waals surface area contributed by atoms with Gasteiger partial charge in [-0.15, -0.1) is 0 Å². The van der Waals surface area contributed by atoms with Crippen molar-refractivity contribution in [1.82, 2.24) is 5.32 Å². The SMILES string of the molecule is CCc1ccc(C(=O)CCC(=O)NCC(=O)Nc2ccccc2CC)cc1.